The number of fused-ring (bicyclic) bond motifs is 3. The second-order valence-corrected chi connectivity index (χ2v) is 7.46. The smallest absolute Gasteiger partial charge is 0.267 e. The largest absolute Gasteiger partial charge is 0.288 e. The van der Waals surface area contributed by atoms with E-state index in [1.54, 1.807) is 16.5 Å². The van der Waals surface area contributed by atoms with Gasteiger partial charge in [0.05, 0.1) is 20.5 Å². The maximum absolute atomic E-state index is 12.8. The maximum Gasteiger partial charge on any atom is 0.288 e. The van der Waals surface area contributed by atoms with Crippen molar-refractivity contribution in [1.82, 2.24) is 9.38 Å². The first kappa shape index (κ1) is 16.7. The molecule has 130 valence electrons. The molecule has 8 heteroatoms. The van der Waals surface area contributed by atoms with Crippen LogP contribution in [0.5, 0.6) is 0 Å². The molecule has 0 atom stereocenters. The van der Waals surface area contributed by atoms with Crippen LogP contribution in [0.4, 0.5) is 5.69 Å². The van der Waals surface area contributed by atoms with Gasteiger partial charge in [0.2, 0.25) is 0 Å². The fourth-order valence-electron chi connectivity index (χ4n) is 2.83. The van der Waals surface area contributed by atoms with Gasteiger partial charge in [-0.05, 0) is 54.8 Å². The summed E-state index contributed by atoms with van der Waals surface area (Å²) >= 11 is 7.09. The number of hydrogen-bond donors (Lipinski definition) is 0. The zero-order valence-electron chi connectivity index (χ0n) is 13.8. The van der Waals surface area contributed by atoms with Gasteiger partial charge in [-0.2, -0.15) is 0 Å². The van der Waals surface area contributed by atoms with Crippen LogP contribution in [0.3, 0.4) is 0 Å². The number of thiazole rings is 1. The minimum absolute atomic E-state index is 0.0623. The van der Waals surface area contributed by atoms with Crippen molar-refractivity contribution in [2.24, 2.45) is 0 Å². The molecule has 2 aromatic carbocycles. The van der Waals surface area contributed by atoms with E-state index in [4.69, 9.17) is 11.6 Å². The van der Waals surface area contributed by atoms with E-state index in [1.165, 1.54) is 23.5 Å². The summed E-state index contributed by atoms with van der Waals surface area (Å²) in [6.07, 6.45) is 1.62. The molecule has 4 aromatic rings. The third-order valence-electron chi connectivity index (χ3n) is 4.32. The van der Waals surface area contributed by atoms with Gasteiger partial charge >= 0.3 is 0 Å². The lowest BCUT2D eigenvalue weighted by molar-refractivity contribution is -0.384. The first-order chi connectivity index (χ1) is 12.3. The molecule has 0 N–H and O–H groups in total. The first-order valence-corrected chi connectivity index (χ1v) is 8.92. The minimum atomic E-state index is -0.544. The first-order valence-electron chi connectivity index (χ1n) is 7.73. The van der Waals surface area contributed by atoms with Gasteiger partial charge in [-0.25, -0.2) is 9.38 Å². The van der Waals surface area contributed by atoms with Gasteiger partial charge in [-0.3, -0.25) is 14.9 Å². The second-order valence-electron chi connectivity index (χ2n) is 6.04. The third kappa shape index (κ3) is 2.56. The Labute approximate surface area is 156 Å². The molecule has 0 saturated carbocycles. The van der Waals surface area contributed by atoms with Gasteiger partial charge in [0, 0.05) is 6.07 Å². The number of benzene rings is 2. The molecule has 0 saturated heterocycles. The lowest BCUT2D eigenvalue weighted by Gasteiger charge is -1.98. The van der Waals surface area contributed by atoms with E-state index < -0.39 is 4.92 Å². The van der Waals surface area contributed by atoms with Crippen molar-refractivity contribution in [3.8, 4) is 0 Å². The predicted molar refractivity (Wildman–Crippen MR) is 103 cm³/mol. The fourth-order valence-corrected chi connectivity index (χ4v) is 4.00. The SMILES string of the molecule is Cc1cc2nc3sc(=Cc4ccc(Cl)c([N+](=O)[O-])c4)c(=O)n3c2cc1C. The van der Waals surface area contributed by atoms with Crippen LogP contribution in [-0.2, 0) is 0 Å². The van der Waals surface area contributed by atoms with Crippen molar-refractivity contribution in [2.75, 3.05) is 0 Å². The number of aromatic nitrogens is 2. The topological polar surface area (TPSA) is 77.5 Å². The van der Waals surface area contributed by atoms with Crippen molar-refractivity contribution >= 4 is 50.7 Å². The molecule has 0 unspecified atom stereocenters. The average molecular weight is 386 g/mol. The number of nitro groups is 1. The van der Waals surface area contributed by atoms with Crippen LogP contribution in [0.25, 0.3) is 22.1 Å². The highest BCUT2D eigenvalue weighted by atomic mass is 35.5. The van der Waals surface area contributed by atoms with E-state index in [1.807, 2.05) is 26.0 Å². The Hall–Kier alpha value is -2.77. The summed E-state index contributed by atoms with van der Waals surface area (Å²) in [6.45, 7) is 4.00. The van der Waals surface area contributed by atoms with Crippen LogP contribution < -0.4 is 10.1 Å². The molecule has 0 aliphatic heterocycles. The Morgan fingerprint density at radius 2 is 1.96 bits per heavy atom. The van der Waals surface area contributed by atoms with Crippen molar-refractivity contribution in [2.45, 2.75) is 13.8 Å². The zero-order chi connectivity index (χ0) is 18.6. The summed E-state index contributed by atoms with van der Waals surface area (Å²) in [5.74, 6) is 0. The number of rotatable bonds is 2. The molecular formula is C18H12ClN3O3S. The summed E-state index contributed by atoms with van der Waals surface area (Å²) in [6, 6.07) is 8.38. The van der Waals surface area contributed by atoms with Crippen LogP contribution in [0.15, 0.2) is 35.1 Å². The van der Waals surface area contributed by atoms with E-state index in [-0.39, 0.29) is 16.3 Å². The van der Waals surface area contributed by atoms with Crippen LogP contribution in [0.1, 0.15) is 16.7 Å². The zero-order valence-corrected chi connectivity index (χ0v) is 15.4. The number of imidazole rings is 1. The van der Waals surface area contributed by atoms with Gasteiger partial charge in [0.1, 0.15) is 5.02 Å². The molecule has 4 rings (SSSR count). The predicted octanol–water partition coefficient (Wildman–Crippen LogP) is 3.64. The number of hydrogen-bond acceptors (Lipinski definition) is 5. The van der Waals surface area contributed by atoms with E-state index in [2.05, 4.69) is 4.98 Å². The minimum Gasteiger partial charge on any atom is -0.267 e. The summed E-state index contributed by atoms with van der Waals surface area (Å²) in [7, 11) is 0. The molecular weight excluding hydrogens is 374 g/mol. The second kappa shape index (κ2) is 5.89. The molecule has 0 amide bonds. The Bertz CT molecular complexity index is 1320. The lowest BCUT2D eigenvalue weighted by atomic mass is 10.1. The van der Waals surface area contributed by atoms with Crippen molar-refractivity contribution in [3.05, 3.63) is 77.0 Å². The highest BCUT2D eigenvalue weighted by Crippen LogP contribution is 2.25. The van der Waals surface area contributed by atoms with Crippen LogP contribution in [-0.4, -0.2) is 14.3 Å². The Balaban J connectivity index is 1.96. The summed E-state index contributed by atoms with van der Waals surface area (Å²) in [5, 5.41) is 11.1. The molecule has 0 aliphatic carbocycles. The monoisotopic (exact) mass is 385 g/mol. The average Bonchev–Trinajstić information content (AvgIpc) is 3.06. The Morgan fingerprint density at radius 1 is 1.23 bits per heavy atom. The molecule has 0 aliphatic rings. The van der Waals surface area contributed by atoms with Crippen molar-refractivity contribution in [3.63, 3.8) is 0 Å². The summed E-state index contributed by atoms with van der Waals surface area (Å²) in [4.78, 5) is 28.5. The molecule has 6 nitrogen and oxygen atoms in total. The fraction of sp³-hybridized carbons (Fsp3) is 0.111. The molecule has 0 fully saturated rings. The molecule has 0 spiro atoms. The van der Waals surface area contributed by atoms with Gasteiger partial charge in [-0.1, -0.05) is 29.0 Å². The van der Waals surface area contributed by atoms with Gasteiger partial charge in [0.15, 0.2) is 4.96 Å². The molecule has 2 heterocycles. The summed E-state index contributed by atoms with van der Waals surface area (Å²) < 4.78 is 2.05. The van der Waals surface area contributed by atoms with Crippen LogP contribution in [0.2, 0.25) is 5.02 Å². The number of halogens is 1. The number of nitro benzene ring substituents is 1. The maximum atomic E-state index is 12.8. The lowest BCUT2D eigenvalue weighted by Crippen LogP contribution is -2.22. The van der Waals surface area contributed by atoms with Gasteiger partial charge in [-0.15, -0.1) is 0 Å². The molecule has 2 aromatic heterocycles. The standard InChI is InChI=1S/C18H12ClN3O3S/c1-9-5-13-15(6-10(9)2)21-17(23)16(26-18(21)20-13)8-11-3-4-12(19)14(7-11)22(24)25/h3-8H,1-2H3. The Morgan fingerprint density at radius 3 is 2.69 bits per heavy atom. The van der Waals surface area contributed by atoms with E-state index in [9.17, 15) is 14.9 Å². The number of aryl methyl sites for hydroxylation is 2. The third-order valence-corrected chi connectivity index (χ3v) is 5.61. The normalized spacial score (nSPS) is 12.3. The van der Waals surface area contributed by atoms with Crippen molar-refractivity contribution < 1.29 is 4.92 Å². The Kier molecular flexibility index (Phi) is 3.78. The summed E-state index contributed by atoms with van der Waals surface area (Å²) in [5.41, 5.74) is 3.93. The van der Waals surface area contributed by atoms with Gasteiger partial charge < -0.3 is 0 Å². The molecule has 0 radical (unpaired) electrons. The van der Waals surface area contributed by atoms with Crippen molar-refractivity contribution in [1.29, 1.82) is 0 Å². The van der Waals surface area contributed by atoms with Crippen LogP contribution >= 0.6 is 22.9 Å². The van der Waals surface area contributed by atoms with E-state index in [0.29, 0.717) is 15.1 Å². The highest BCUT2D eigenvalue weighted by Gasteiger charge is 2.14. The molecule has 26 heavy (non-hydrogen) atoms. The number of nitrogens with zero attached hydrogens (tertiary/aromatic N) is 3. The van der Waals surface area contributed by atoms with E-state index >= 15 is 0 Å². The highest BCUT2D eigenvalue weighted by molar-refractivity contribution is 7.15. The van der Waals surface area contributed by atoms with Crippen LogP contribution in [0, 0.1) is 24.0 Å². The molecule has 0 bridgehead atoms. The van der Waals surface area contributed by atoms with Gasteiger partial charge in [0.25, 0.3) is 11.2 Å². The quantitative estimate of drug-likeness (QED) is 0.390. The van der Waals surface area contributed by atoms with E-state index in [0.717, 1.165) is 22.2 Å².